The molecule has 0 radical (unpaired) electrons. The van der Waals surface area contributed by atoms with Gasteiger partial charge in [-0.1, -0.05) is 41.9 Å². The Bertz CT molecular complexity index is 817. The molecule has 1 aromatic heterocycles. The minimum absolute atomic E-state index is 0.282. The van der Waals surface area contributed by atoms with Crippen LogP contribution in [0.5, 0.6) is 0 Å². The Labute approximate surface area is 145 Å². The topological polar surface area (TPSA) is 59.0 Å². The molecule has 0 saturated carbocycles. The molecule has 0 aliphatic rings. The molecular weight excluding hydrogens is 324 g/mol. The maximum absolute atomic E-state index is 11.9. The van der Waals surface area contributed by atoms with Gasteiger partial charge in [0.15, 0.2) is 5.82 Å². The molecule has 1 heterocycles. The highest BCUT2D eigenvalue weighted by Crippen LogP contribution is 2.11. The zero-order valence-electron chi connectivity index (χ0n) is 12.9. The molecule has 2 N–H and O–H groups in total. The maximum atomic E-state index is 11.9. The van der Waals surface area contributed by atoms with Crippen LogP contribution < -0.4 is 10.6 Å². The first-order valence-corrected chi connectivity index (χ1v) is 7.99. The number of benzene rings is 2. The van der Waals surface area contributed by atoms with Crippen molar-refractivity contribution >= 4 is 23.4 Å². The van der Waals surface area contributed by atoms with Gasteiger partial charge in [-0.15, -0.1) is 5.10 Å². The Hall–Kier alpha value is -2.79. The minimum Gasteiger partial charge on any atom is -0.337 e. The van der Waals surface area contributed by atoms with E-state index in [9.17, 15) is 4.79 Å². The molecule has 0 spiro atoms. The summed E-state index contributed by atoms with van der Waals surface area (Å²) in [5.41, 5.74) is 2.02. The van der Waals surface area contributed by atoms with Crippen molar-refractivity contribution in [3.05, 3.63) is 77.4 Å². The summed E-state index contributed by atoms with van der Waals surface area (Å²) in [5.74, 6) is 0.499. The summed E-state index contributed by atoms with van der Waals surface area (Å²) in [6.45, 7) is 0.519. The van der Waals surface area contributed by atoms with Crippen molar-refractivity contribution in [1.82, 2.24) is 15.1 Å². The average Bonchev–Trinajstić information content (AvgIpc) is 3.04. The Balaban J connectivity index is 1.49. The molecule has 0 aliphatic carbocycles. The van der Waals surface area contributed by atoms with Gasteiger partial charge in [-0.05, 0) is 36.2 Å². The second-order valence-corrected chi connectivity index (χ2v) is 5.68. The predicted molar refractivity (Wildman–Crippen MR) is 95.7 cm³/mol. The van der Waals surface area contributed by atoms with E-state index in [-0.39, 0.29) is 6.03 Å². The summed E-state index contributed by atoms with van der Waals surface area (Å²) >= 11 is 5.94. The van der Waals surface area contributed by atoms with Crippen LogP contribution in [0.4, 0.5) is 10.6 Å². The number of hydrogen-bond acceptors (Lipinski definition) is 2. The van der Waals surface area contributed by atoms with Gasteiger partial charge in [0.25, 0.3) is 0 Å². The molecule has 5 nitrogen and oxygen atoms in total. The number of aromatic nitrogens is 2. The highest BCUT2D eigenvalue weighted by atomic mass is 35.5. The molecule has 3 aromatic rings. The first kappa shape index (κ1) is 16.1. The van der Waals surface area contributed by atoms with E-state index in [0.717, 1.165) is 11.3 Å². The molecule has 0 unspecified atom stereocenters. The zero-order valence-corrected chi connectivity index (χ0v) is 13.7. The van der Waals surface area contributed by atoms with E-state index in [1.807, 2.05) is 54.6 Å². The molecular formula is C18H17ClN4O. The third-order valence-electron chi connectivity index (χ3n) is 3.44. The van der Waals surface area contributed by atoms with Gasteiger partial charge in [0.05, 0.1) is 5.69 Å². The summed E-state index contributed by atoms with van der Waals surface area (Å²) in [6.07, 6.45) is 2.52. The lowest BCUT2D eigenvalue weighted by Gasteiger charge is -2.06. The van der Waals surface area contributed by atoms with E-state index >= 15 is 0 Å². The number of para-hydroxylation sites is 1. The van der Waals surface area contributed by atoms with Crippen LogP contribution in [-0.4, -0.2) is 22.4 Å². The molecule has 3 rings (SSSR count). The number of urea groups is 1. The highest BCUT2D eigenvalue weighted by Gasteiger charge is 2.05. The molecule has 2 aromatic carbocycles. The predicted octanol–water partition coefficient (Wildman–Crippen LogP) is 3.89. The fraction of sp³-hybridized carbons (Fsp3) is 0.111. The van der Waals surface area contributed by atoms with Gasteiger partial charge in [-0.3, -0.25) is 5.32 Å². The van der Waals surface area contributed by atoms with Gasteiger partial charge >= 0.3 is 6.03 Å². The molecule has 0 atom stereocenters. The normalized spacial score (nSPS) is 10.4. The van der Waals surface area contributed by atoms with Crippen LogP contribution in [0.2, 0.25) is 5.02 Å². The SMILES string of the molecule is O=C(NCCc1cccc(Cl)c1)Nc1ccn(-c2ccccc2)n1. The van der Waals surface area contributed by atoms with Gasteiger partial charge in [0.1, 0.15) is 0 Å². The number of nitrogens with zero attached hydrogens (tertiary/aromatic N) is 2. The van der Waals surface area contributed by atoms with E-state index in [1.54, 1.807) is 16.9 Å². The summed E-state index contributed by atoms with van der Waals surface area (Å²) in [4.78, 5) is 11.9. The Morgan fingerprint density at radius 1 is 1.08 bits per heavy atom. The monoisotopic (exact) mass is 340 g/mol. The quantitative estimate of drug-likeness (QED) is 0.740. The first-order valence-electron chi connectivity index (χ1n) is 7.61. The molecule has 122 valence electrons. The van der Waals surface area contributed by atoms with E-state index in [2.05, 4.69) is 15.7 Å². The van der Waals surface area contributed by atoms with Crippen molar-refractivity contribution in [3.63, 3.8) is 0 Å². The lowest BCUT2D eigenvalue weighted by Crippen LogP contribution is -2.30. The first-order chi connectivity index (χ1) is 11.7. The van der Waals surface area contributed by atoms with Crippen molar-refractivity contribution in [2.24, 2.45) is 0 Å². The second-order valence-electron chi connectivity index (χ2n) is 5.24. The van der Waals surface area contributed by atoms with Crippen LogP contribution in [0.3, 0.4) is 0 Å². The highest BCUT2D eigenvalue weighted by molar-refractivity contribution is 6.30. The fourth-order valence-electron chi connectivity index (χ4n) is 2.29. The van der Waals surface area contributed by atoms with E-state index in [1.165, 1.54) is 0 Å². The molecule has 6 heteroatoms. The number of carbonyl (C=O) groups is 1. The molecule has 2 amide bonds. The van der Waals surface area contributed by atoms with Crippen molar-refractivity contribution in [1.29, 1.82) is 0 Å². The Morgan fingerprint density at radius 2 is 1.92 bits per heavy atom. The fourth-order valence-corrected chi connectivity index (χ4v) is 2.50. The number of anilines is 1. The van der Waals surface area contributed by atoms with Gasteiger partial charge < -0.3 is 5.32 Å². The van der Waals surface area contributed by atoms with Gasteiger partial charge in [0, 0.05) is 23.8 Å². The molecule has 0 saturated heterocycles. The second kappa shape index (κ2) is 7.66. The summed E-state index contributed by atoms with van der Waals surface area (Å²) in [5, 5.41) is 10.6. The summed E-state index contributed by atoms with van der Waals surface area (Å²) < 4.78 is 1.71. The number of hydrogen-bond donors (Lipinski definition) is 2. The van der Waals surface area contributed by atoms with Crippen LogP contribution in [0.15, 0.2) is 66.9 Å². The summed E-state index contributed by atoms with van der Waals surface area (Å²) in [7, 11) is 0. The lowest BCUT2D eigenvalue weighted by atomic mass is 10.1. The molecule has 0 fully saturated rings. The number of carbonyl (C=O) groups excluding carboxylic acids is 1. The standard InChI is InChI=1S/C18H17ClN4O/c19-15-6-4-5-14(13-15)9-11-20-18(24)21-17-10-12-23(22-17)16-7-2-1-3-8-16/h1-8,10,12-13H,9,11H2,(H2,20,21,22,24). The summed E-state index contributed by atoms with van der Waals surface area (Å²) in [6, 6.07) is 18.8. The van der Waals surface area contributed by atoms with E-state index in [0.29, 0.717) is 23.8 Å². The Kier molecular flexibility index (Phi) is 5.13. The zero-order chi connectivity index (χ0) is 16.8. The van der Waals surface area contributed by atoms with Crippen LogP contribution in [0, 0.1) is 0 Å². The van der Waals surface area contributed by atoms with Crippen LogP contribution >= 0.6 is 11.6 Å². The van der Waals surface area contributed by atoms with Crippen molar-refractivity contribution in [3.8, 4) is 5.69 Å². The third kappa shape index (κ3) is 4.36. The van der Waals surface area contributed by atoms with Gasteiger partial charge in [0.2, 0.25) is 0 Å². The van der Waals surface area contributed by atoms with Crippen molar-refractivity contribution < 1.29 is 4.79 Å². The van der Waals surface area contributed by atoms with E-state index < -0.39 is 0 Å². The third-order valence-corrected chi connectivity index (χ3v) is 3.67. The smallest absolute Gasteiger partial charge is 0.320 e. The van der Waals surface area contributed by atoms with Crippen LogP contribution in [-0.2, 0) is 6.42 Å². The van der Waals surface area contributed by atoms with Crippen molar-refractivity contribution in [2.45, 2.75) is 6.42 Å². The number of rotatable bonds is 5. The van der Waals surface area contributed by atoms with Crippen LogP contribution in [0.25, 0.3) is 5.69 Å². The Morgan fingerprint density at radius 3 is 2.71 bits per heavy atom. The average molecular weight is 341 g/mol. The maximum Gasteiger partial charge on any atom is 0.320 e. The van der Waals surface area contributed by atoms with E-state index in [4.69, 9.17) is 11.6 Å². The molecule has 0 aliphatic heterocycles. The van der Waals surface area contributed by atoms with Crippen molar-refractivity contribution in [2.75, 3.05) is 11.9 Å². The van der Waals surface area contributed by atoms with Gasteiger partial charge in [-0.2, -0.15) is 0 Å². The number of nitrogens with one attached hydrogen (secondary N) is 2. The largest absolute Gasteiger partial charge is 0.337 e. The lowest BCUT2D eigenvalue weighted by molar-refractivity contribution is 0.252. The molecule has 24 heavy (non-hydrogen) atoms. The van der Waals surface area contributed by atoms with Crippen LogP contribution in [0.1, 0.15) is 5.56 Å². The molecule has 0 bridgehead atoms. The number of amides is 2. The number of halogens is 1. The minimum atomic E-state index is -0.282. The van der Waals surface area contributed by atoms with Gasteiger partial charge in [-0.25, -0.2) is 9.48 Å².